The molecule has 0 bridgehead atoms. The summed E-state index contributed by atoms with van der Waals surface area (Å²) in [6, 6.07) is 8.06. The van der Waals surface area contributed by atoms with Crippen LogP contribution in [0.5, 0.6) is 0 Å². The number of nitrogens with zero attached hydrogens (tertiary/aromatic N) is 3. The molecule has 10 heteroatoms. The van der Waals surface area contributed by atoms with Crippen LogP contribution in [0.2, 0.25) is 0 Å². The third kappa shape index (κ3) is 3.94. The Hall–Kier alpha value is -2.90. The zero-order valence-corrected chi connectivity index (χ0v) is 15.7. The molecule has 0 saturated heterocycles. The van der Waals surface area contributed by atoms with Crippen LogP contribution in [0.25, 0.3) is 11.5 Å². The average molecular weight is 404 g/mol. The van der Waals surface area contributed by atoms with Crippen LogP contribution in [-0.2, 0) is 10.5 Å². The molecule has 0 fully saturated rings. The van der Waals surface area contributed by atoms with E-state index in [0.717, 1.165) is 23.1 Å². The Morgan fingerprint density at radius 1 is 1.44 bits per heavy atom. The van der Waals surface area contributed by atoms with Crippen LogP contribution in [0.4, 0.5) is 9.39 Å². The first-order valence-corrected chi connectivity index (χ1v) is 9.54. The van der Waals surface area contributed by atoms with Crippen molar-refractivity contribution in [2.24, 2.45) is 0 Å². The standard InChI is InChI=1S/C17H13FN4O3S2/c1-2-24-16(23)13-11(10(7-19)14(20)27-13)8-26-17-22-21-15(25-17)9-5-3-4-6-12(9)18/h3-6H,2,8,20H2,1H3. The SMILES string of the molecule is CCOC(=O)c1sc(N)c(C#N)c1CSc1nnc(-c2ccccc2F)o1. The number of nitrogens with two attached hydrogens (primary N) is 1. The Kier molecular flexibility index (Phi) is 5.73. The highest BCUT2D eigenvalue weighted by Gasteiger charge is 2.23. The monoisotopic (exact) mass is 404 g/mol. The smallest absolute Gasteiger partial charge is 0.348 e. The van der Waals surface area contributed by atoms with Gasteiger partial charge in [-0.2, -0.15) is 5.26 Å². The summed E-state index contributed by atoms with van der Waals surface area (Å²) in [5.74, 6) is -0.765. The van der Waals surface area contributed by atoms with Crippen LogP contribution in [0.3, 0.4) is 0 Å². The van der Waals surface area contributed by atoms with Gasteiger partial charge in [-0.25, -0.2) is 9.18 Å². The number of anilines is 1. The van der Waals surface area contributed by atoms with E-state index in [4.69, 9.17) is 14.9 Å². The second kappa shape index (κ2) is 8.20. The van der Waals surface area contributed by atoms with E-state index in [1.165, 1.54) is 12.1 Å². The lowest BCUT2D eigenvalue weighted by atomic mass is 10.2. The zero-order chi connectivity index (χ0) is 19.4. The van der Waals surface area contributed by atoms with Crippen LogP contribution >= 0.6 is 23.1 Å². The number of hydrogen-bond acceptors (Lipinski definition) is 9. The van der Waals surface area contributed by atoms with E-state index in [0.29, 0.717) is 5.56 Å². The third-order valence-corrected chi connectivity index (χ3v) is 5.34. The molecule has 0 aliphatic rings. The molecule has 1 aromatic carbocycles. The molecule has 27 heavy (non-hydrogen) atoms. The van der Waals surface area contributed by atoms with Gasteiger partial charge in [0.15, 0.2) is 0 Å². The Labute approximate surface area is 162 Å². The molecule has 0 saturated carbocycles. The van der Waals surface area contributed by atoms with Crippen molar-refractivity contribution in [3.8, 4) is 17.5 Å². The molecule has 7 nitrogen and oxygen atoms in total. The van der Waals surface area contributed by atoms with Crippen molar-refractivity contribution in [1.29, 1.82) is 5.26 Å². The second-order valence-electron chi connectivity index (χ2n) is 5.12. The number of nitriles is 1. The number of rotatable bonds is 6. The molecular weight excluding hydrogens is 391 g/mol. The summed E-state index contributed by atoms with van der Waals surface area (Å²) in [6.07, 6.45) is 0. The molecule has 0 spiro atoms. The molecule has 3 rings (SSSR count). The molecular formula is C17H13FN4O3S2. The normalized spacial score (nSPS) is 10.6. The maximum absolute atomic E-state index is 13.8. The van der Waals surface area contributed by atoms with E-state index >= 15 is 0 Å². The molecule has 2 aromatic heterocycles. The minimum atomic E-state index is -0.538. The predicted molar refractivity (Wildman–Crippen MR) is 98.7 cm³/mol. The van der Waals surface area contributed by atoms with E-state index in [1.807, 2.05) is 6.07 Å². The lowest BCUT2D eigenvalue weighted by molar-refractivity contribution is 0.0531. The quantitative estimate of drug-likeness (QED) is 0.486. The van der Waals surface area contributed by atoms with Gasteiger partial charge in [0.05, 0.1) is 17.7 Å². The Morgan fingerprint density at radius 2 is 2.22 bits per heavy atom. The Morgan fingerprint density at radius 3 is 2.93 bits per heavy atom. The van der Waals surface area contributed by atoms with Gasteiger partial charge >= 0.3 is 5.97 Å². The third-order valence-electron chi connectivity index (χ3n) is 3.46. The molecule has 0 amide bonds. The highest BCUT2D eigenvalue weighted by molar-refractivity contribution is 7.98. The van der Waals surface area contributed by atoms with Crippen molar-refractivity contribution in [1.82, 2.24) is 10.2 Å². The molecule has 2 N–H and O–H groups in total. The number of thioether (sulfide) groups is 1. The number of carbonyl (C=O) groups is 1. The van der Waals surface area contributed by atoms with Crippen molar-refractivity contribution in [3.63, 3.8) is 0 Å². The summed E-state index contributed by atoms with van der Waals surface area (Å²) >= 11 is 2.12. The minimum absolute atomic E-state index is 0.0477. The van der Waals surface area contributed by atoms with Crippen molar-refractivity contribution in [2.45, 2.75) is 17.9 Å². The number of benzene rings is 1. The number of halogens is 1. The van der Waals surface area contributed by atoms with Crippen LogP contribution < -0.4 is 5.73 Å². The van der Waals surface area contributed by atoms with Gasteiger partial charge in [0.1, 0.15) is 21.8 Å². The Bertz CT molecular complexity index is 1030. The average Bonchev–Trinajstić information content (AvgIpc) is 3.24. The molecule has 0 unspecified atom stereocenters. The van der Waals surface area contributed by atoms with Crippen LogP contribution in [0, 0.1) is 17.1 Å². The zero-order valence-electron chi connectivity index (χ0n) is 14.1. The van der Waals surface area contributed by atoms with Gasteiger partial charge in [-0.15, -0.1) is 21.5 Å². The van der Waals surface area contributed by atoms with Crippen molar-refractivity contribution < 1.29 is 18.3 Å². The fraction of sp³-hybridized carbons (Fsp3) is 0.176. The molecule has 2 heterocycles. The topological polar surface area (TPSA) is 115 Å². The number of ether oxygens (including phenoxy) is 1. The summed E-state index contributed by atoms with van der Waals surface area (Å²) in [6.45, 7) is 1.90. The largest absolute Gasteiger partial charge is 0.462 e. The van der Waals surface area contributed by atoms with Crippen molar-refractivity contribution in [2.75, 3.05) is 12.3 Å². The number of carbonyl (C=O) groups excluding carboxylic acids is 1. The first-order valence-electron chi connectivity index (χ1n) is 7.74. The van der Waals surface area contributed by atoms with Crippen LogP contribution in [0.1, 0.15) is 27.7 Å². The van der Waals surface area contributed by atoms with Crippen molar-refractivity contribution >= 4 is 34.1 Å². The van der Waals surface area contributed by atoms with E-state index in [-0.39, 0.29) is 44.5 Å². The number of nitrogen functional groups attached to an aromatic ring is 1. The number of esters is 1. The predicted octanol–water partition coefficient (Wildman–Crippen LogP) is 3.86. The minimum Gasteiger partial charge on any atom is -0.462 e. The number of thiophene rings is 1. The molecule has 0 radical (unpaired) electrons. The van der Waals surface area contributed by atoms with Gasteiger partial charge in [0.25, 0.3) is 11.1 Å². The van der Waals surface area contributed by atoms with Gasteiger partial charge in [-0.3, -0.25) is 0 Å². The lowest BCUT2D eigenvalue weighted by Crippen LogP contribution is -2.05. The van der Waals surface area contributed by atoms with Gasteiger partial charge in [0.2, 0.25) is 0 Å². The highest BCUT2D eigenvalue weighted by atomic mass is 32.2. The first-order chi connectivity index (χ1) is 13.0. The van der Waals surface area contributed by atoms with Crippen LogP contribution in [-0.4, -0.2) is 22.8 Å². The fourth-order valence-corrected chi connectivity index (χ4v) is 4.07. The van der Waals surface area contributed by atoms with E-state index in [1.54, 1.807) is 19.1 Å². The van der Waals surface area contributed by atoms with Crippen molar-refractivity contribution in [3.05, 3.63) is 46.1 Å². The second-order valence-corrected chi connectivity index (χ2v) is 7.10. The van der Waals surface area contributed by atoms with Gasteiger partial charge < -0.3 is 14.9 Å². The molecule has 138 valence electrons. The highest BCUT2D eigenvalue weighted by Crippen LogP contribution is 2.36. The Balaban J connectivity index is 1.83. The summed E-state index contributed by atoms with van der Waals surface area (Å²) in [7, 11) is 0. The van der Waals surface area contributed by atoms with Crippen LogP contribution in [0.15, 0.2) is 33.9 Å². The summed E-state index contributed by atoms with van der Waals surface area (Å²) in [5.41, 5.74) is 6.71. The van der Waals surface area contributed by atoms with E-state index < -0.39 is 11.8 Å². The molecule has 3 aromatic rings. The van der Waals surface area contributed by atoms with Gasteiger partial charge in [0, 0.05) is 11.3 Å². The van der Waals surface area contributed by atoms with Gasteiger partial charge in [-0.1, -0.05) is 23.9 Å². The summed E-state index contributed by atoms with van der Waals surface area (Å²) in [4.78, 5) is 12.4. The first kappa shape index (κ1) is 18.9. The summed E-state index contributed by atoms with van der Waals surface area (Å²) < 4.78 is 24.3. The van der Waals surface area contributed by atoms with Gasteiger partial charge in [-0.05, 0) is 19.1 Å². The number of aromatic nitrogens is 2. The van der Waals surface area contributed by atoms with E-state index in [2.05, 4.69) is 10.2 Å². The van der Waals surface area contributed by atoms with E-state index in [9.17, 15) is 14.4 Å². The molecule has 0 aliphatic carbocycles. The fourth-order valence-electron chi connectivity index (χ4n) is 2.25. The lowest BCUT2D eigenvalue weighted by Gasteiger charge is -2.02. The summed E-state index contributed by atoms with van der Waals surface area (Å²) in [5, 5.41) is 17.5. The molecule has 0 aliphatic heterocycles. The maximum atomic E-state index is 13.8. The maximum Gasteiger partial charge on any atom is 0.348 e. The number of hydrogen-bond donors (Lipinski definition) is 1. The molecule has 0 atom stereocenters.